The lowest BCUT2D eigenvalue weighted by Crippen LogP contribution is -2.48. The van der Waals surface area contributed by atoms with Crippen molar-refractivity contribution in [2.24, 2.45) is 7.05 Å². The van der Waals surface area contributed by atoms with Gasteiger partial charge < -0.3 is 85.2 Å². The molecule has 0 spiro atoms. The Labute approximate surface area is 841 Å². The second-order valence-electron chi connectivity index (χ2n) is 34.2. The van der Waals surface area contributed by atoms with Crippen molar-refractivity contribution >= 4 is 157 Å². The molecular formula is C98H117Cl4N23O17. The maximum Gasteiger partial charge on any atom is 0.330 e. The number of fused-ring (bicyclic) bond motifs is 4. The highest BCUT2D eigenvalue weighted by Gasteiger charge is 2.41. The summed E-state index contributed by atoms with van der Waals surface area (Å²) in [6.45, 7) is 14.9. The van der Waals surface area contributed by atoms with Gasteiger partial charge in [0.1, 0.15) is 50.4 Å². The monoisotopic (exact) mass is 2030 g/mol. The van der Waals surface area contributed by atoms with Gasteiger partial charge in [0, 0.05) is 153 Å². The Morgan fingerprint density at radius 2 is 0.690 bits per heavy atom. The van der Waals surface area contributed by atoms with Crippen molar-refractivity contribution in [3.05, 3.63) is 171 Å². The maximum atomic E-state index is 13.5. The van der Waals surface area contributed by atoms with Gasteiger partial charge in [-0.2, -0.15) is 19.9 Å². The highest BCUT2D eigenvalue weighted by Crippen LogP contribution is 2.55. The van der Waals surface area contributed by atoms with Crippen LogP contribution in [-0.4, -0.2) is 220 Å². The molecule has 40 nitrogen and oxygen atoms in total. The first-order valence-corrected chi connectivity index (χ1v) is 47.5. The number of rotatable bonds is 29. The van der Waals surface area contributed by atoms with E-state index in [1.54, 1.807) is 94.2 Å². The fourth-order valence-corrected chi connectivity index (χ4v) is 19.7. The average molecular weight is 2030 g/mol. The summed E-state index contributed by atoms with van der Waals surface area (Å²) in [6, 6.07) is 12.9. The number of urea groups is 3. The van der Waals surface area contributed by atoms with Gasteiger partial charge in [0.2, 0.25) is 58.9 Å². The quantitative estimate of drug-likeness (QED) is 0.0202. The molecule has 44 heteroatoms. The minimum absolute atomic E-state index is 0.0129. The molecular weight excluding hydrogens is 1910 g/mol. The number of halogens is 4. The van der Waals surface area contributed by atoms with Crippen LogP contribution in [0.15, 0.2) is 129 Å². The Bertz CT molecular complexity index is 6220. The number of amides is 10. The van der Waals surface area contributed by atoms with Gasteiger partial charge in [0.05, 0.1) is 111 Å². The van der Waals surface area contributed by atoms with Gasteiger partial charge in [0.25, 0.3) is 5.56 Å². The van der Waals surface area contributed by atoms with E-state index in [1.165, 1.54) is 105 Å². The molecule has 8 N–H and O–H groups in total. The van der Waals surface area contributed by atoms with E-state index in [0.29, 0.717) is 104 Å². The molecule has 8 atom stereocenters. The molecule has 9 aromatic rings. The van der Waals surface area contributed by atoms with E-state index in [1.807, 2.05) is 24.3 Å². The number of aromatic nitrogens is 9. The summed E-state index contributed by atoms with van der Waals surface area (Å²) in [5, 5.41) is 26.6. The second kappa shape index (κ2) is 47.7. The zero-order valence-corrected chi connectivity index (χ0v) is 84.3. The summed E-state index contributed by atoms with van der Waals surface area (Å²) < 4.78 is 49.9. The first-order chi connectivity index (χ1) is 68.4. The molecule has 8 heterocycles. The Hall–Kier alpha value is -14.4. The van der Waals surface area contributed by atoms with Crippen molar-refractivity contribution in [2.75, 3.05) is 136 Å². The lowest BCUT2D eigenvalue weighted by atomic mass is 9.90. The zero-order chi connectivity index (χ0) is 102. The van der Waals surface area contributed by atoms with Crippen molar-refractivity contribution in [1.29, 1.82) is 0 Å². The van der Waals surface area contributed by atoms with E-state index in [-0.39, 0.29) is 151 Å². The standard InChI is InChI=1S/C25H30Cl2N6O5.C25H27Cl2N5O4.C25H32N6O5.C23H28N6O3/c1-6-16(34)29-14-9-7-8-10-15(14)30-24-28-11-13-12-33(25(35)32(2)23(13)31-24)19-17(26)20(36-3)22(38-5)21(37-4)18(19)27;1-5-19(33)29-15-8-6-7-9-16(15)30-25-28-12-13-10-14(24(34)32(2)23(13)31-25)20-21(26)17(35-3)11-18(36-4)22(20)27;1-6-21(32)27-17-9-7-8-10-18(17)28-24-26-13-15-14-31(25(33)30(2)23(15)29-24)16-11-19(34-3)22(36-5)20(12-16)35-4;1-4-20(30)25-18-7-5-6-8-19(18)26-22-24-13-15-14-29(23(31)28(2)21(15)27-22)16-9-11-17(32-3)12-10-16/h6,11,14-15H,1,7-10,12H2,2-5H3,(H,29,34)(H,28,30,31);5,10-12,15-16H,1,6-9H2,2-4H3,(H,29,33)(H,28,30,31);6,11-13,17-18H,1,7-10,14H2,2-5H3,(H,27,32)(H,26,28,29);4,9-13,18-19H,1,5-8,14H2,2-3H3,(H,25,30)(H,24,26,27)/t14-,15+;15-,16+;17-,18+;18-,19+/m0000/s1. The number of anilines is 10. The number of methoxy groups -OCH3 is 9. The molecule has 0 bridgehead atoms. The Morgan fingerprint density at radius 3 is 1.03 bits per heavy atom. The topological polar surface area (TPSA) is 443 Å². The molecule has 3 aliphatic heterocycles. The van der Waals surface area contributed by atoms with E-state index < -0.39 is 6.03 Å². The van der Waals surface area contributed by atoms with E-state index in [9.17, 15) is 38.4 Å². The third-order valence-corrected chi connectivity index (χ3v) is 27.1. The van der Waals surface area contributed by atoms with Gasteiger partial charge in [-0.3, -0.25) is 57.9 Å². The summed E-state index contributed by atoms with van der Waals surface area (Å²) in [6.07, 6.45) is 27.1. The number of hydrogen-bond acceptors (Lipinski definition) is 29. The molecule has 4 aromatic carbocycles. The summed E-state index contributed by atoms with van der Waals surface area (Å²) in [7, 11) is 20.1. The zero-order valence-electron chi connectivity index (χ0n) is 81.3. The molecule has 16 rings (SSSR count). The van der Waals surface area contributed by atoms with Crippen LogP contribution in [-0.2, 0) is 45.9 Å². The molecule has 5 aromatic heterocycles. The molecule has 142 heavy (non-hydrogen) atoms. The molecule has 4 saturated carbocycles. The van der Waals surface area contributed by atoms with Crippen LogP contribution in [0.5, 0.6) is 51.7 Å². The van der Waals surface area contributed by atoms with Gasteiger partial charge in [-0.15, -0.1) is 0 Å². The molecule has 7 aliphatic rings. The third-order valence-electron chi connectivity index (χ3n) is 25.6. The predicted octanol–water partition coefficient (Wildman–Crippen LogP) is 14.9. The van der Waals surface area contributed by atoms with E-state index in [0.717, 1.165) is 125 Å². The Morgan fingerprint density at radius 1 is 0.366 bits per heavy atom. The average Bonchev–Trinajstić information content (AvgIpc) is 0.710. The van der Waals surface area contributed by atoms with Crippen molar-refractivity contribution < 1.29 is 76.2 Å². The normalized spacial score (nSPS) is 19.0. The SMILES string of the molecule is C=CC(=O)N[C@H]1CCCC[C@H]1Nc1ncc2c(n1)N(C)C(=O)N(c1c(Cl)c(OC)c(OC)c(OC)c1Cl)C2.C=CC(=O)N[C@H]1CCCC[C@H]1Nc1ncc2c(n1)N(C)C(=O)N(c1cc(OC)c(OC)c(OC)c1)C2.C=CC(=O)N[C@H]1CCCC[C@H]1Nc1ncc2c(n1)N(C)C(=O)N(c1ccc(OC)cc1)C2.C=CC(=O)N[C@H]1CCCC[C@H]1Nc1ncc2cc(-c3c(Cl)c(OC)cc(OC)c3Cl)c(=O)n(C)c2n1. The molecule has 4 aliphatic carbocycles. The summed E-state index contributed by atoms with van der Waals surface area (Å²) >= 11 is 26.4. The highest BCUT2D eigenvalue weighted by molar-refractivity contribution is 6.43. The number of carbonyl (C=O) groups is 7. The van der Waals surface area contributed by atoms with Gasteiger partial charge in [-0.05, 0) is 106 Å². The van der Waals surface area contributed by atoms with Crippen molar-refractivity contribution in [1.82, 2.24) is 65.7 Å². The first-order valence-electron chi connectivity index (χ1n) is 46.0. The molecule has 10 amide bonds. The van der Waals surface area contributed by atoms with Crippen LogP contribution in [0.4, 0.5) is 72.7 Å². The number of nitrogens with one attached hydrogen (secondary N) is 8. The minimum atomic E-state index is -0.408. The molecule has 0 radical (unpaired) electrons. The fourth-order valence-electron chi connectivity index (χ4n) is 18.3. The third kappa shape index (κ3) is 23.3. The summed E-state index contributed by atoms with van der Waals surface area (Å²) in [5.74, 6) is 5.70. The number of nitrogens with zero attached hydrogens (tertiary/aromatic N) is 15. The van der Waals surface area contributed by atoms with Crippen molar-refractivity contribution in [3.8, 4) is 62.9 Å². The first kappa shape index (κ1) is 105. The number of hydrogen-bond donors (Lipinski definition) is 8. The number of pyridine rings is 1. The summed E-state index contributed by atoms with van der Waals surface area (Å²) in [4.78, 5) is 146. The molecule has 4 fully saturated rings. The van der Waals surface area contributed by atoms with Crippen molar-refractivity contribution in [2.45, 2.75) is 171 Å². The predicted molar refractivity (Wildman–Crippen MR) is 547 cm³/mol. The smallest absolute Gasteiger partial charge is 0.330 e. The van der Waals surface area contributed by atoms with Gasteiger partial charge in [0.15, 0.2) is 23.0 Å². The fraction of sp³-hybridized carbons (Fsp3) is 0.408. The van der Waals surface area contributed by atoms with E-state index >= 15 is 0 Å². The molecule has 0 saturated heterocycles. The number of carbonyl (C=O) groups excluding carboxylic acids is 7. The Kier molecular flexibility index (Phi) is 35.3. The van der Waals surface area contributed by atoms with E-state index in [2.05, 4.69) is 109 Å². The number of aryl methyl sites for hydroxylation is 1. The van der Waals surface area contributed by atoms with Gasteiger partial charge in [-0.25, -0.2) is 34.3 Å². The van der Waals surface area contributed by atoms with Crippen LogP contribution in [0.1, 0.15) is 119 Å². The van der Waals surface area contributed by atoms with Gasteiger partial charge >= 0.3 is 18.1 Å². The lowest BCUT2D eigenvalue weighted by Gasteiger charge is -2.36. The van der Waals surface area contributed by atoms with Crippen LogP contribution in [0.2, 0.25) is 20.1 Å². The van der Waals surface area contributed by atoms with Crippen LogP contribution >= 0.6 is 46.4 Å². The lowest BCUT2D eigenvalue weighted by molar-refractivity contribution is -0.118. The highest BCUT2D eigenvalue weighted by atomic mass is 35.5. The van der Waals surface area contributed by atoms with Crippen molar-refractivity contribution in [3.63, 3.8) is 0 Å². The van der Waals surface area contributed by atoms with Crippen LogP contribution in [0.25, 0.3) is 22.2 Å². The molecule has 0 unspecified atom stereocenters. The number of ether oxygens (including phenoxy) is 9. The molecule has 754 valence electrons. The summed E-state index contributed by atoms with van der Waals surface area (Å²) in [5.41, 5.74) is 4.57. The maximum absolute atomic E-state index is 13.5. The second-order valence-corrected chi connectivity index (χ2v) is 35.7. The van der Waals surface area contributed by atoms with Crippen LogP contribution in [0.3, 0.4) is 0 Å². The van der Waals surface area contributed by atoms with Gasteiger partial charge in [-0.1, -0.05) is 124 Å². The minimum Gasteiger partial charge on any atom is -0.497 e. The van der Waals surface area contributed by atoms with Crippen LogP contribution < -0.4 is 120 Å². The largest absolute Gasteiger partial charge is 0.497 e. The number of benzene rings is 4. The van der Waals surface area contributed by atoms with E-state index in [4.69, 9.17) is 89.0 Å². The van der Waals surface area contributed by atoms with Crippen LogP contribution in [0, 0.1) is 0 Å². The Balaban J connectivity index is 0.000000159.